The Labute approximate surface area is 125 Å². The van der Waals surface area contributed by atoms with Gasteiger partial charge >= 0.3 is 0 Å². The van der Waals surface area contributed by atoms with Crippen LogP contribution in [0.25, 0.3) is 0 Å². The largest absolute Gasteiger partial charge is 0.370 e. The Morgan fingerprint density at radius 2 is 2.05 bits per heavy atom. The molecule has 21 heavy (non-hydrogen) atoms. The van der Waals surface area contributed by atoms with E-state index in [1.54, 1.807) is 4.90 Å². The van der Waals surface area contributed by atoms with Crippen molar-refractivity contribution in [3.05, 3.63) is 24.3 Å². The Morgan fingerprint density at radius 3 is 2.67 bits per heavy atom. The summed E-state index contributed by atoms with van der Waals surface area (Å²) >= 11 is 0. The molecule has 0 unspecified atom stereocenters. The fraction of sp³-hybridized carbons (Fsp3) is 0.500. The molecule has 1 saturated heterocycles. The molecule has 2 rings (SSSR count). The van der Waals surface area contributed by atoms with Crippen LogP contribution in [-0.2, 0) is 14.3 Å². The van der Waals surface area contributed by atoms with Crippen molar-refractivity contribution in [1.29, 1.82) is 0 Å². The third kappa shape index (κ3) is 4.56. The van der Waals surface area contributed by atoms with Gasteiger partial charge in [0.2, 0.25) is 5.91 Å². The maximum Gasteiger partial charge on any atom is 0.253 e. The predicted octanol–water partition coefficient (Wildman–Crippen LogP) is 2.42. The first-order valence-corrected chi connectivity index (χ1v) is 7.34. The van der Waals surface area contributed by atoms with Gasteiger partial charge in [0.1, 0.15) is 6.61 Å². The molecule has 0 saturated carbocycles. The zero-order chi connectivity index (χ0) is 15.2. The van der Waals surface area contributed by atoms with Gasteiger partial charge in [0.25, 0.3) is 5.91 Å². The number of amides is 2. The zero-order valence-corrected chi connectivity index (χ0v) is 12.6. The molecule has 0 aliphatic carbocycles. The number of anilines is 2. The Kier molecular flexibility index (Phi) is 5.33. The lowest BCUT2D eigenvalue weighted by atomic mass is 10.1. The van der Waals surface area contributed by atoms with Gasteiger partial charge in [0.05, 0.1) is 6.61 Å². The molecule has 1 aromatic rings. The molecule has 1 aliphatic heterocycles. The van der Waals surface area contributed by atoms with Crippen LogP contribution in [0.1, 0.15) is 26.7 Å². The van der Waals surface area contributed by atoms with Gasteiger partial charge in [-0.1, -0.05) is 13.8 Å². The summed E-state index contributed by atoms with van der Waals surface area (Å²) in [6.45, 7) is 5.45. The third-order valence-electron chi connectivity index (χ3n) is 3.40. The van der Waals surface area contributed by atoms with E-state index in [9.17, 15) is 9.59 Å². The van der Waals surface area contributed by atoms with Gasteiger partial charge in [-0.05, 0) is 36.6 Å². The smallest absolute Gasteiger partial charge is 0.253 e. The van der Waals surface area contributed by atoms with E-state index < -0.39 is 0 Å². The number of nitrogens with one attached hydrogen (secondary N) is 1. The number of benzene rings is 1. The van der Waals surface area contributed by atoms with Crippen LogP contribution in [-0.4, -0.2) is 31.6 Å². The summed E-state index contributed by atoms with van der Waals surface area (Å²) in [6.07, 6.45) is 1.41. The average molecular weight is 290 g/mol. The number of hydrogen-bond acceptors (Lipinski definition) is 3. The van der Waals surface area contributed by atoms with Crippen molar-refractivity contribution in [2.75, 3.05) is 30.0 Å². The summed E-state index contributed by atoms with van der Waals surface area (Å²) in [5.74, 6) is 0.513. The molecule has 0 atom stereocenters. The second-order valence-electron chi connectivity index (χ2n) is 5.63. The summed E-state index contributed by atoms with van der Waals surface area (Å²) in [7, 11) is 0. The van der Waals surface area contributed by atoms with E-state index in [0.29, 0.717) is 25.5 Å². The van der Waals surface area contributed by atoms with Gasteiger partial charge in [-0.15, -0.1) is 0 Å². The maximum atomic E-state index is 11.8. The number of nitrogens with zero attached hydrogens (tertiary/aromatic N) is 1. The lowest BCUT2D eigenvalue weighted by Crippen LogP contribution is -2.41. The van der Waals surface area contributed by atoms with Crippen molar-refractivity contribution >= 4 is 23.2 Å². The van der Waals surface area contributed by atoms with Crippen molar-refractivity contribution < 1.29 is 14.3 Å². The summed E-state index contributed by atoms with van der Waals surface area (Å²) < 4.78 is 5.11. The highest BCUT2D eigenvalue weighted by Gasteiger charge is 2.19. The van der Waals surface area contributed by atoms with E-state index in [1.807, 2.05) is 24.3 Å². The molecule has 2 amide bonds. The summed E-state index contributed by atoms with van der Waals surface area (Å²) in [4.78, 5) is 25.2. The number of carbonyl (C=O) groups excluding carboxylic acids is 2. The van der Waals surface area contributed by atoms with Gasteiger partial charge in [-0.25, -0.2) is 0 Å². The van der Waals surface area contributed by atoms with Crippen molar-refractivity contribution in [1.82, 2.24) is 0 Å². The lowest BCUT2D eigenvalue weighted by Gasteiger charge is -2.26. The highest BCUT2D eigenvalue weighted by atomic mass is 16.5. The Bertz CT molecular complexity index is 497. The summed E-state index contributed by atoms with van der Waals surface area (Å²) in [5, 5.41) is 2.87. The van der Waals surface area contributed by atoms with Crippen molar-refractivity contribution in [2.45, 2.75) is 26.7 Å². The minimum Gasteiger partial charge on any atom is -0.370 e. The van der Waals surface area contributed by atoms with Crippen molar-refractivity contribution in [3.63, 3.8) is 0 Å². The molecule has 1 aliphatic rings. The van der Waals surface area contributed by atoms with Crippen LogP contribution in [0, 0.1) is 5.92 Å². The van der Waals surface area contributed by atoms with Crippen LogP contribution < -0.4 is 10.2 Å². The first-order valence-electron chi connectivity index (χ1n) is 7.34. The molecular formula is C16H22N2O3. The first kappa shape index (κ1) is 15.5. The SMILES string of the molecule is CC(C)CCC(=O)Nc1ccc(N2CCOCC2=O)cc1. The second kappa shape index (κ2) is 7.22. The normalized spacial score (nSPS) is 15.4. The van der Waals surface area contributed by atoms with Gasteiger partial charge in [0.15, 0.2) is 0 Å². The van der Waals surface area contributed by atoms with E-state index in [2.05, 4.69) is 19.2 Å². The molecular weight excluding hydrogens is 268 g/mol. The molecule has 0 aromatic heterocycles. The van der Waals surface area contributed by atoms with Crippen LogP contribution in [0.3, 0.4) is 0 Å². The number of hydrogen-bond donors (Lipinski definition) is 1. The zero-order valence-electron chi connectivity index (χ0n) is 12.6. The first-order chi connectivity index (χ1) is 10.1. The predicted molar refractivity (Wildman–Crippen MR) is 82.3 cm³/mol. The van der Waals surface area contributed by atoms with E-state index in [4.69, 9.17) is 4.74 Å². The molecule has 0 spiro atoms. The molecule has 5 heteroatoms. The molecule has 5 nitrogen and oxygen atoms in total. The minimum absolute atomic E-state index is 0.0268. The Hall–Kier alpha value is -1.88. The number of carbonyl (C=O) groups is 2. The van der Waals surface area contributed by atoms with Crippen LogP contribution >= 0.6 is 0 Å². The summed E-state index contributed by atoms with van der Waals surface area (Å²) in [6, 6.07) is 7.35. The second-order valence-corrected chi connectivity index (χ2v) is 5.63. The maximum absolute atomic E-state index is 11.8. The highest BCUT2D eigenvalue weighted by Crippen LogP contribution is 2.20. The molecule has 0 bridgehead atoms. The average Bonchev–Trinajstić information content (AvgIpc) is 2.47. The number of rotatable bonds is 5. The van der Waals surface area contributed by atoms with E-state index in [1.165, 1.54) is 0 Å². The summed E-state index contributed by atoms with van der Waals surface area (Å²) in [5.41, 5.74) is 1.59. The quantitative estimate of drug-likeness (QED) is 0.906. The highest BCUT2D eigenvalue weighted by molar-refractivity contribution is 5.95. The van der Waals surface area contributed by atoms with Crippen LogP contribution in [0.4, 0.5) is 11.4 Å². The molecule has 0 radical (unpaired) electrons. The van der Waals surface area contributed by atoms with Gasteiger partial charge in [-0.3, -0.25) is 9.59 Å². The fourth-order valence-electron chi connectivity index (χ4n) is 2.16. The standard InChI is InChI=1S/C16H22N2O3/c1-12(2)3-8-15(19)17-13-4-6-14(7-5-13)18-9-10-21-11-16(18)20/h4-7,12H,3,8-11H2,1-2H3,(H,17,19). The van der Waals surface area contributed by atoms with Crippen molar-refractivity contribution in [2.24, 2.45) is 5.92 Å². The Balaban J connectivity index is 1.92. The Morgan fingerprint density at radius 1 is 1.33 bits per heavy atom. The third-order valence-corrected chi connectivity index (χ3v) is 3.40. The van der Waals surface area contributed by atoms with Gasteiger partial charge in [0, 0.05) is 24.3 Å². The molecule has 114 valence electrons. The van der Waals surface area contributed by atoms with Crippen LogP contribution in [0.5, 0.6) is 0 Å². The molecule has 1 N–H and O–H groups in total. The number of ether oxygens (including phenoxy) is 1. The number of morpholine rings is 1. The molecule has 1 aromatic carbocycles. The van der Waals surface area contributed by atoms with E-state index >= 15 is 0 Å². The topological polar surface area (TPSA) is 58.6 Å². The molecule has 1 fully saturated rings. The fourth-order valence-corrected chi connectivity index (χ4v) is 2.16. The van der Waals surface area contributed by atoms with Gasteiger partial charge in [-0.2, -0.15) is 0 Å². The van der Waals surface area contributed by atoms with Gasteiger partial charge < -0.3 is 15.0 Å². The monoisotopic (exact) mass is 290 g/mol. The molecule has 1 heterocycles. The van der Waals surface area contributed by atoms with E-state index in [-0.39, 0.29) is 18.4 Å². The van der Waals surface area contributed by atoms with Crippen LogP contribution in [0.2, 0.25) is 0 Å². The van der Waals surface area contributed by atoms with Crippen LogP contribution in [0.15, 0.2) is 24.3 Å². The minimum atomic E-state index is -0.0324. The van der Waals surface area contributed by atoms with E-state index in [0.717, 1.165) is 17.8 Å². The lowest BCUT2D eigenvalue weighted by molar-refractivity contribution is -0.125. The van der Waals surface area contributed by atoms with Crippen molar-refractivity contribution in [3.8, 4) is 0 Å².